The van der Waals surface area contributed by atoms with Gasteiger partial charge in [0.15, 0.2) is 0 Å². The largest absolute Gasteiger partial charge is 0.388 e. The fourth-order valence-corrected chi connectivity index (χ4v) is 3.93. The van der Waals surface area contributed by atoms with Crippen LogP contribution in [0.4, 0.5) is 0 Å². The minimum atomic E-state index is -1.22. The quantitative estimate of drug-likeness (QED) is 0.715. The Labute approximate surface area is 100 Å². The van der Waals surface area contributed by atoms with Crippen molar-refractivity contribution in [3.05, 3.63) is 0 Å². The Hall–Kier alpha value is -0.410. The van der Waals surface area contributed by atoms with Crippen molar-refractivity contribution in [3.8, 4) is 0 Å². The zero-order chi connectivity index (χ0) is 12.1. The lowest BCUT2D eigenvalue weighted by atomic mass is 9.59. The van der Waals surface area contributed by atoms with Gasteiger partial charge in [-0.2, -0.15) is 0 Å². The maximum atomic E-state index is 11.9. The molecule has 2 rings (SSSR count). The number of Topliss-reactive ketones (excluding diaryl/α,β-unsaturated/α-hetero) is 2. The van der Waals surface area contributed by atoms with E-state index in [4.69, 9.17) is 11.6 Å². The highest BCUT2D eigenvalue weighted by atomic mass is 35.5. The second kappa shape index (κ2) is 3.54. The van der Waals surface area contributed by atoms with E-state index in [0.717, 1.165) is 0 Å². The summed E-state index contributed by atoms with van der Waals surface area (Å²) in [6.07, 6.45) is 1.94. The minimum Gasteiger partial charge on any atom is -0.388 e. The highest BCUT2D eigenvalue weighted by Gasteiger charge is 2.64. The van der Waals surface area contributed by atoms with E-state index in [-0.39, 0.29) is 16.9 Å². The summed E-state index contributed by atoms with van der Waals surface area (Å²) < 4.78 is 0. The van der Waals surface area contributed by atoms with Gasteiger partial charge in [-0.15, -0.1) is 11.6 Å². The van der Waals surface area contributed by atoms with Crippen molar-refractivity contribution in [1.82, 2.24) is 0 Å². The van der Waals surface area contributed by atoms with Crippen LogP contribution in [0.15, 0.2) is 0 Å². The predicted molar refractivity (Wildman–Crippen MR) is 60.3 cm³/mol. The van der Waals surface area contributed by atoms with Crippen molar-refractivity contribution in [1.29, 1.82) is 0 Å². The van der Waals surface area contributed by atoms with Gasteiger partial charge in [-0.05, 0) is 33.1 Å². The molecule has 0 unspecified atom stereocenters. The first-order chi connectivity index (χ1) is 7.33. The Morgan fingerprint density at radius 1 is 1.50 bits per heavy atom. The Bertz CT molecular complexity index is 354. The minimum absolute atomic E-state index is 0.0739. The van der Waals surface area contributed by atoms with Crippen LogP contribution in [-0.2, 0) is 9.59 Å². The molecule has 16 heavy (non-hydrogen) atoms. The number of hydrogen-bond acceptors (Lipinski definition) is 3. The molecule has 2 aliphatic carbocycles. The van der Waals surface area contributed by atoms with Crippen molar-refractivity contribution in [2.75, 3.05) is 0 Å². The molecule has 0 spiro atoms. The van der Waals surface area contributed by atoms with Crippen LogP contribution in [0, 0.1) is 11.3 Å². The Kier molecular flexibility index (Phi) is 2.67. The Morgan fingerprint density at radius 2 is 2.12 bits per heavy atom. The molecule has 0 amide bonds. The number of ketones is 2. The molecule has 0 aromatic carbocycles. The van der Waals surface area contributed by atoms with Crippen LogP contribution in [0.5, 0.6) is 0 Å². The Morgan fingerprint density at radius 3 is 2.69 bits per heavy atom. The van der Waals surface area contributed by atoms with Gasteiger partial charge >= 0.3 is 0 Å². The van der Waals surface area contributed by atoms with E-state index < -0.39 is 16.9 Å². The van der Waals surface area contributed by atoms with Gasteiger partial charge in [0.05, 0.1) is 16.9 Å². The number of fused-ring (bicyclic) bond motifs is 1. The molecule has 1 N–H and O–H groups in total. The summed E-state index contributed by atoms with van der Waals surface area (Å²) in [6, 6.07) is 0. The summed E-state index contributed by atoms with van der Waals surface area (Å²) in [5, 5.41) is 10.4. The van der Waals surface area contributed by atoms with E-state index in [9.17, 15) is 14.7 Å². The lowest BCUT2D eigenvalue weighted by molar-refractivity contribution is -0.158. The van der Waals surface area contributed by atoms with Crippen molar-refractivity contribution in [2.45, 2.75) is 50.5 Å². The average Bonchev–Trinajstić information content (AvgIpc) is 2.41. The summed E-state index contributed by atoms with van der Waals surface area (Å²) in [7, 11) is 0. The first-order valence-electron chi connectivity index (χ1n) is 5.73. The Balaban J connectivity index is 2.47. The normalized spacial score (nSPS) is 47.9. The van der Waals surface area contributed by atoms with Gasteiger partial charge in [0.2, 0.25) is 0 Å². The lowest BCUT2D eigenvalue weighted by Crippen LogP contribution is -2.59. The van der Waals surface area contributed by atoms with Crippen LogP contribution < -0.4 is 0 Å². The van der Waals surface area contributed by atoms with Gasteiger partial charge in [-0.25, -0.2) is 0 Å². The maximum absolute atomic E-state index is 11.9. The van der Waals surface area contributed by atoms with Gasteiger partial charge in [-0.3, -0.25) is 9.59 Å². The fraction of sp³-hybridized carbons (Fsp3) is 0.833. The van der Waals surface area contributed by atoms with Crippen LogP contribution in [0.3, 0.4) is 0 Å². The number of hydrogen-bond donors (Lipinski definition) is 1. The summed E-state index contributed by atoms with van der Waals surface area (Å²) in [6.45, 7) is 3.23. The third kappa shape index (κ3) is 1.31. The number of alkyl halides is 1. The fourth-order valence-electron chi connectivity index (χ4n) is 3.44. The third-order valence-electron chi connectivity index (χ3n) is 4.54. The standard InChI is InChI=1S/C12H17ClO3/c1-7(14)10-8(13)3-5-11(2)9(15)4-6-12(10,11)16/h8,10,16H,3-6H2,1-2H3/t8-,10+,11-,12+/m0/s1. The molecule has 0 aromatic heterocycles. The summed E-state index contributed by atoms with van der Waals surface area (Å²) in [5.41, 5.74) is -1.99. The monoisotopic (exact) mass is 244 g/mol. The van der Waals surface area contributed by atoms with Gasteiger partial charge in [-0.1, -0.05) is 0 Å². The molecule has 2 aliphatic rings. The zero-order valence-corrected chi connectivity index (χ0v) is 10.4. The van der Waals surface area contributed by atoms with E-state index in [1.54, 1.807) is 6.92 Å². The molecule has 3 nitrogen and oxygen atoms in total. The van der Waals surface area contributed by atoms with Crippen LogP contribution in [-0.4, -0.2) is 27.7 Å². The molecule has 0 saturated heterocycles. The van der Waals surface area contributed by atoms with Crippen LogP contribution in [0.1, 0.15) is 39.5 Å². The highest BCUT2D eigenvalue weighted by molar-refractivity contribution is 6.22. The van der Waals surface area contributed by atoms with E-state index in [1.807, 2.05) is 0 Å². The van der Waals surface area contributed by atoms with E-state index in [2.05, 4.69) is 0 Å². The predicted octanol–water partition coefficient (Wildman–Crippen LogP) is 1.69. The van der Waals surface area contributed by atoms with Gasteiger partial charge < -0.3 is 5.11 Å². The molecule has 0 heterocycles. The molecule has 0 aliphatic heterocycles. The van der Waals surface area contributed by atoms with E-state index in [0.29, 0.717) is 25.7 Å². The number of aliphatic hydroxyl groups is 1. The molecule has 0 aromatic rings. The average molecular weight is 245 g/mol. The lowest BCUT2D eigenvalue weighted by Gasteiger charge is -2.48. The van der Waals surface area contributed by atoms with Gasteiger partial charge in [0.25, 0.3) is 0 Å². The van der Waals surface area contributed by atoms with E-state index in [1.165, 1.54) is 6.92 Å². The van der Waals surface area contributed by atoms with Crippen molar-refractivity contribution in [3.63, 3.8) is 0 Å². The molecular formula is C12H17ClO3. The number of rotatable bonds is 1. The van der Waals surface area contributed by atoms with Crippen molar-refractivity contribution in [2.24, 2.45) is 11.3 Å². The molecule has 2 fully saturated rings. The molecule has 0 bridgehead atoms. The first kappa shape index (κ1) is 12.1. The second-order valence-corrected chi connectivity index (χ2v) is 5.88. The maximum Gasteiger partial charge on any atom is 0.141 e. The van der Waals surface area contributed by atoms with E-state index >= 15 is 0 Å². The van der Waals surface area contributed by atoms with Crippen molar-refractivity contribution < 1.29 is 14.7 Å². The smallest absolute Gasteiger partial charge is 0.141 e. The second-order valence-electron chi connectivity index (χ2n) is 5.32. The molecule has 0 radical (unpaired) electrons. The first-order valence-corrected chi connectivity index (χ1v) is 6.17. The van der Waals surface area contributed by atoms with Crippen LogP contribution in [0.25, 0.3) is 0 Å². The molecular weight excluding hydrogens is 228 g/mol. The van der Waals surface area contributed by atoms with Crippen molar-refractivity contribution >= 4 is 23.2 Å². The van der Waals surface area contributed by atoms with Crippen LogP contribution in [0.2, 0.25) is 0 Å². The molecule has 90 valence electrons. The SMILES string of the molecule is CC(=O)[C@@H]1[C@@H](Cl)CC[C@@]2(C)C(=O)CC[C@@]12O. The number of halogens is 1. The molecule has 2 saturated carbocycles. The third-order valence-corrected chi connectivity index (χ3v) is 5.01. The summed E-state index contributed by atoms with van der Waals surface area (Å²) >= 11 is 6.15. The highest BCUT2D eigenvalue weighted by Crippen LogP contribution is 2.56. The summed E-state index contributed by atoms with van der Waals surface area (Å²) in [5.74, 6) is -0.632. The summed E-state index contributed by atoms with van der Waals surface area (Å²) in [4.78, 5) is 23.5. The number of carbonyl (C=O) groups is 2. The molecule has 4 atom stereocenters. The topological polar surface area (TPSA) is 54.4 Å². The van der Waals surface area contributed by atoms with Gasteiger partial charge in [0.1, 0.15) is 11.6 Å². The number of carbonyl (C=O) groups excluding carboxylic acids is 2. The van der Waals surface area contributed by atoms with Gasteiger partial charge in [0, 0.05) is 11.8 Å². The van der Waals surface area contributed by atoms with Crippen LogP contribution >= 0.6 is 11.6 Å². The molecule has 4 heteroatoms. The zero-order valence-electron chi connectivity index (χ0n) is 9.62.